The molecule has 0 aliphatic rings. The zero-order valence-electron chi connectivity index (χ0n) is 10.1. The smallest absolute Gasteiger partial charge is 0.387 e. The van der Waals surface area contributed by atoms with Gasteiger partial charge >= 0.3 is 6.61 Å². The molecule has 0 radical (unpaired) electrons. The van der Waals surface area contributed by atoms with Crippen LogP contribution >= 0.6 is 0 Å². The van der Waals surface area contributed by atoms with Gasteiger partial charge in [-0.05, 0) is 25.0 Å². The number of aliphatic hydroxyl groups is 1. The Morgan fingerprint density at radius 3 is 2.58 bits per heavy atom. The number of nitrogens with one attached hydrogen (secondary N) is 1. The lowest BCUT2D eigenvalue weighted by Gasteiger charge is -2.12. The molecule has 0 aliphatic carbocycles. The number of halogens is 2. The summed E-state index contributed by atoms with van der Waals surface area (Å²) in [5, 5.41) is 8.58. The van der Waals surface area contributed by atoms with Gasteiger partial charge in [-0.15, -0.1) is 0 Å². The molecule has 8 heteroatoms. The summed E-state index contributed by atoms with van der Waals surface area (Å²) in [6.45, 7) is -3.12. The number of hydrogen-bond acceptors (Lipinski definition) is 4. The fraction of sp³-hybridized carbons (Fsp3) is 0.455. The number of benzene rings is 1. The average molecular weight is 295 g/mol. The predicted octanol–water partition coefficient (Wildman–Crippen LogP) is 1.80. The SMILES string of the molecule is O=S(=O)(CCCCO)Nc1ccccc1OC(F)F. The normalized spacial score (nSPS) is 11.6. The van der Waals surface area contributed by atoms with Gasteiger partial charge in [-0.1, -0.05) is 12.1 Å². The average Bonchev–Trinajstić information content (AvgIpc) is 2.31. The Morgan fingerprint density at radius 2 is 1.95 bits per heavy atom. The van der Waals surface area contributed by atoms with Gasteiger partial charge in [0.05, 0.1) is 11.4 Å². The van der Waals surface area contributed by atoms with Crippen molar-refractivity contribution in [2.75, 3.05) is 17.1 Å². The zero-order valence-corrected chi connectivity index (χ0v) is 10.9. The van der Waals surface area contributed by atoms with E-state index in [1.807, 2.05) is 0 Å². The molecule has 0 spiro atoms. The first kappa shape index (κ1) is 15.6. The van der Waals surface area contributed by atoms with Gasteiger partial charge in [0.2, 0.25) is 10.0 Å². The summed E-state index contributed by atoms with van der Waals surface area (Å²) < 4.78 is 54.1. The van der Waals surface area contributed by atoms with Crippen molar-refractivity contribution in [1.29, 1.82) is 0 Å². The maximum atomic E-state index is 12.2. The van der Waals surface area contributed by atoms with Gasteiger partial charge in [-0.2, -0.15) is 8.78 Å². The van der Waals surface area contributed by atoms with Crippen molar-refractivity contribution in [3.8, 4) is 5.75 Å². The van der Waals surface area contributed by atoms with Crippen LogP contribution in [-0.4, -0.2) is 32.5 Å². The van der Waals surface area contributed by atoms with Crippen LogP contribution in [0.4, 0.5) is 14.5 Å². The van der Waals surface area contributed by atoms with E-state index in [0.29, 0.717) is 6.42 Å². The maximum Gasteiger partial charge on any atom is 0.387 e. The van der Waals surface area contributed by atoms with Crippen molar-refractivity contribution < 1.29 is 27.0 Å². The van der Waals surface area contributed by atoms with E-state index < -0.39 is 16.6 Å². The number of para-hydroxylation sites is 2. The van der Waals surface area contributed by atoms with E-state index in [1.54, 1.807) is 0 Å². The molecule has 0 aliphatic heterocycles. The lowest BCUT2D eigenvalue weighted by Crippen LogP contribution is -2.18. The van der Waals surface area contributed by atoms with Crippen molar-refractivity contribution in [1.82, 2.24) is 0 Å². The molecule has 0 heterocycles. The fourth-order valence-electron chi connectivity index (χ4n) is 1.37. The largest absolute Gasteiger partial charge is 0.433 e. The van der Waals surface area contributed by atoms with Crippen LogP contribution in [0.15, 0.2) is 24.3 Å². The summed E-state index contributed by atoms with van der Waals surface area (Å²) >= 11 is 0. The van der Waals surface area contributed by atoms with Crippen LogP contribution < -0.4 is 9.46 Å². The first-order valence-electron chi connectivity index (χ1n) is 5.60. The van der Waals surface area contributed by atoms with E-state index in [2.05, 4.69) is 9.46 Å². The number of sulfonamides is 1. The van der Waals surface area contributed by atoms with Crippen LogP contribution in [0, 0.1) is 0 Å². The third kappa shape index (κ3) is 5.84. The lowest BCUT2D eigenvalue weighted by molar-refractivity contribution is -0.0493. The van der Waals surface area contributed by atoms with E-state index in [0.717, 1.165) is 0 Å². The van der Waals surface area contributed by atoms with Gasteiger partial charge in [0, 0.05) is 6.61 Å². The van der Waals surface area contributed by atoms with Crippen LogP contribution in [0.5, 0.6) is 5.75 Å². The van der Waals surface area contributed by atoms with E-state index in [1.165, 1.54) is 24.3 Å². The third-order valence-electron chi connectivity index (χ3n) is 2.19. The molecule has 0 saturated carbocycles. The number of hydrogen-bond donors (Lipinski definition) is 2. The Bertz CT molecular complexity index is 493. The highest BCUT2D eigenvalue weighted by atomic mass is 32.2. The van der Waals surface area contributed by atoms with E-state index in [9.17, 15) is 17.2 Å². The molecule has 1 rings (SSSR count). The van der Waals surface area contributed by atoms with E-state index in [-0.39, 0.29) is 30.2 Å². The van der Waals surface area contributed by atoms with Crippen molar-refractivity contribution >= 4 is 15.7 Å². The van der Waals surface area contributed by atoms with Gasteiger partial charge in [0.1, 0.15) is 5.75 Å². The summed E-state index contributed by atoms with van der Waals surface area (Å²) in [5.41, 5.74) is -0.0354. The number of anilines is 1. The highest BCUT2D eigenvalue weighted by Gasteiger charge is 2.15. The number of ether oxygens (including phenoxy) is 1. The molecule has 5 nitrogen and oxygen atoms in total. The molecule has 19 heavy (non-hydrogen) atoms. The topological polar surface area (TPSA) is 75.6 Å². The molecule has 0 unspecified atom stereocenters. The Kier molecular flexibility index (Phi) is 5.97. The van der Waals surface area contributed by atoms with Gasteiger partial charge in [0.25, 0.3) is 0 Å². The number of alkyl halides is 2. The van der Waals surface area contributed by atoms with Crippen molar-refractivity contribution in [2.45, 2.75) is 19.5 Å². The third-order valence-corrected chi connectivity index (χ3v) is 3.55. The summed E-state index contributed by atoms with van der Waals surface area (Å²) in [5.74, 6) is -0.431. The Hall–Kier alpha value is -1.41. The van der Waals surface area contributed by atoms with Crippen LogP contribution in [0.2, 0.25) is 0 Å². The van der Waals surface area contributed by atoms with Crippen molar-refractivity contribution in [2.24, 2.45) is 0 Å². The quantitative estimate of drug-likeness (QED) is 0.717. The van der Waals surface area contributed by atoms with Gasteiger partial charge < -0.3 is 9.84 Å². The Balaban J connectivity index is 2.75. The van der Waals surface area contributed by atoms with E-state index >= 15 is 0 Å². The molecule has 2 N–H and O–H groups in total. The van der Waals surface area contributed by atoms with Crippen LogP contribution in [-0.2, 0) is 10.0 Å². The number of unbranched alkanes of at least 4 members (excludes halogenated alkanes) is 1. The minimum absolute atomic E-state index is 0.0354. The highest BCUT2D eigenvalue weighted by molar-refractivity contribution is 7.92. The van der Waals surface area contributed by atoms with Crippen molar-refractivity contribution in [3.05, 3.63) is 24.3 Å². The molecule has 1 aromatic rings. The minimum Gasteiger partial charge on any atom is -0.433 e. The second kappa shape index (κ2) is 7.25. The van der Waals surface area contributed by atoms with Gasteiger partial charge in [0.15, 0.2) is 0 Å². The molecule has 0 amide bonds. The first-order valence-corrected chi connectivity index (χ1v) is 7.25. The van der Waals surface area contributed by atoms with Crippen LogP contribution in [0.3, 0.4) is 0 Å². The summed E-state index contributed by atoms with van der Waals surface area (Å²) in [4.78, 5) is 0. The second-order valence-corrected chi connectivity index (χ2v) is 5.57. The molecular formula is C11H15F2NO4S. The highest BCUT2D eigenvalue weighted by Crippen LogP contribution is 2.26. The lowest BCUT2D eigenvalue weighted by atomic mass is 10.3. The minimum atomic E-state index is -3.65. The Morgan fingerprint density at radius 1 is 1.26 bits per heavy atom. The summed E-state index contributed by atoms with van der Waals surface area (Å²) in [6.07, 6.45) is 0.639. The molecule has 1 aromatic carbocycles. The van der Waals surface area contributed by atoms with E-state index in [4.69, 9.17) is 5.11 Å². The maximum absolute atomic E-state index is 12.2. The molecule has 0 saturated heterocycles. The Labute approximate surface area is 110 Å². The summed E-state index contributed by atoms with van der Waals surface area (Å²) in [6, 6.07) is 5.55. The fourth-order valence-corrected chi connectivity index (χ4v) is 2.56. The monoisotopic (exact) mass is 295 g/mol. The zero-order chi connectivity index (χ0) is 14.3. The number of rotatable bonds is 8. The molecule has 0 atom stereocenters. The standard InChI is InChI=1S/C11H15F2NO4S/c12-11(13)18-10-6-2-1-5-9(10)14-19(16,17)8-4-3-7-15/h1-2,5-6,11,14-15H,3-4,7-8H2. The predicted molar refractivity (Wildman–Crippen MR) is 66.8 cm³/mol. The summed E-state index contributed by atoms with van der Waals surface area (Å²) in [7, 11) is -3.65. The number of aliphatic hydroxyl groups excluding tert-OH is 1. The second-order valence-electron chi connectivity index (χ2n) is 3.73. The molecule has 0 aromatic heterocycles. The van der Waals surface area contributed by atoms with Gasteiger partial charge in [-0.25, -0.2) is 8.42 Å². The molecular weight excluding hydrogens is 280 g/mol. The van der Waals surface area contributed by atoms with Crippen LogP contribution in [0.1, 0.15) is 12.8 Å². The first-order chi connectivity index (χ1) is 8.94. The molecule has 0 fully saturated rings. The van der Waals surface area contributed by atoms with Crippen molar-refractivity contribution in [3.63, 3.8) is 0 Å². The van der Waals surface area contributed by atoms with Crippen LogP contribution in [0.25, 0.3) is 0 Å². The molecule has 0 bridgehead atoms. The van der Waals surface area contributed by atoms with Gasteiger partial charge in [-0.3, -0.25) is 4.72 Å². The molecule has 108 valence electrons.